The summed E-state index contributed by atoms with van der Waals surface area (Å²) in [5.74, 6) is -0.334. The summed E-state index contributed by atoms with van der Waals surface area (Å²) in [7, 11) is 1.39. The van der Waals surface area contributed by atoms with Crippen LogP contribution in [0.4, 0.5) is 0 Å². The number of hydrogen-bond acceptors (Lipinski definition) is 3. The molecule has 0 saturated heterocycles. The molecular formula is C19H17NO2S. The lowest BCUT2D eigenvalue weighted by atomic mass is 10.1. The van der Waals surface area contributed by atoms with Crippen LogP contribution in [0.5, 0.6) is 0 Å². The van der Waals surface area contributed by atoms with Gasteiger partial charge in [-0.3, -0.25) is 3.97 Å². The lowest BCUT2D eigenvalue weighted by Crippen LogP contribution is -1.95. The average Bonchev–Trinajstić information content (AvgIpc) is 2.98. The number of rotatable bonds is 4. The van der Waals surface area contributed by atoms with Gasteiger partial charge in [-0.2, -0.15) is 0 Å². The Morgan fingerprint density at radius 3 is 2.65 bits per heavy atom. The molecule has 3 nitrogen and oxygen atoms in total. The van der Waals surface area contributed by atoms with Crippen LogP contribution < -0.4 is 0 Å². The zero-order valence-corrected chi connectivity index (χ0v) is 13.8. The summed E-state index contributed by atoms with van der Waals surface area (Å²) in [5.41, 5.74) is 3.06. The highest BCUT2D eigenvalue weighted by atomic mass is 32.2. The van der Waals surface area contributed by atoms with Crippen LogP contribution in [0.25, 0.3) is 16.5 Å². The summed E-state index contributed by atoms with van der Waals surface area (Å²) < 4.78 is 6.82. The van der Waals surface area contributed by atoms with Crippen molar-refractivity contribution < 1.29 is 9.53 Å². The normalized spacial score (nSPS) is 11.7. The number of allylic oxidation sites excluding steroid dienone is 1. The maximum absolute atomic E-state index is 11.4. The quantitative estimate of drug-likeness (QED) is 0.512. The van der Waals surface area contributed by atoms with E-state index in [1.165, 1.54) is 18.1 Å². The van der Waals surface area contributed by atoms with Gasteiger partial charge >= 0.3 is 5.97 Å². The molecule has 0 fully saturated rings. The SMILES string of the molecule is COC(=O)/C=C(\C)c1ccc2c(ccn2Sc2ccccc2)c1. The molecule has 0 aliphatic carbocycles. The second-order valence-corrected chi connectivity index (χ2v) is 6.22. The maximum atomic E-state index is 11.4. The molecular weight excluding hydrogens is 306 g/mol. The second-order valence-electron chi connectivity index (χ2n) is 5.17. The third kappa shape index (κ3) is 3.48. The number of carbonyl (C=O) groups excluding carboxylic acids is 1. The highest BCUT2D eigenvalue weighted by molar-refractivity contribution is 7.98. The van der Waals surface area contributed by atoms with Gasteiger partial charge in [0.2, 0.25) is 0 Å². The largest absolute Gasteiger partial charge is 0.466 e. The van der Waals surface area contributed by atoms with E-state index in [2.05, 4.69) is 45.2 Å². The standard InChI is InChI=1S/C19H17NO2S/c1-14(12-19(21)22-2)15-8-9-18-16(13-15)10-11-20(18)23-17-6-4-3-5-7-17/h3-13H,1-2H3/b14-12+. The fourth-order valence-electron chi connectivity index (χ4n) is 2.36. The number of ether oxygens (including phenoxy) is 1. The van der Waals surface area contributed by atoms with Gasteiger partial charge in [0.15, 0.2) is 0 Å². The van der Waals surface area contributed by atoms with Crippen molar-refractivity contribution in [2.45, 2.75) is 11.8 Å². The van der Waals surface area contributed by atoms with Crippen LogP contribution in [0, 0.1) is 0 Å². The van der Waals surface area contributed by atoms with Crippen molar-refractivity contribution in [3.63, 3.8) is 0 Å². The van der Waals surface area contributed by atoms with Crippen LogP contribution in [0.3, 0.4) is 0 Å². The lowest BCUT2D eigenvalue weighted by molar-refractivity contribution is -0.134. The molecule has 0 atom stereocenters. The molecule has 0 spiro atoms. The number of hydrogen-bond donors (Lipinski definition) is 0. The average molecular weight is 323 g/mol. The summed E-state index contributed by atoms with van der Waals surface area (Å²) in [6.45, 7) is 1.91. The molecule has 4 heteroatoms. The molecule has 0 bridgehead atoms. The molecule has 3 rings (SSSR count). The molecule has 116 valence electrons. The molecule has 0 aliphatic rings. The van der Waals surface area contributed by atoms with Crippen LogP contribution >= 0.6 is 11.9 Å². The predicted molar refractivity (Wildman–Crippen MR) is 95.3 cm³/mol. The third-order valence-electron chi connectivity index (χ3n) is 3.59. The monoisotopic (exact) mass is 323 g/mol. The smallest absolute Gasteiger partial charge is 0.330 e. The number of aromatic nitrogens is 1. The Kier molecular flexibility index (Phi) is 4.53. The first-order chi connectivity index (χ1) is 11.2. The van der Waals surface area contributed by atoms with Gasteiger partial charge in [0.1, 0.15) is 0 Å². The molecule has 0 unspecified atom stereocenters. The van der Waals surface area contributed by atoms with Crippen molar-refractivity contribution in [2.75, 3.05) is 7.11 Å². The van der Waals surface area contributed by atoms with Gasteiger partial charge in [-0.1, -0.05) is 24.3 Å². The summed E-state index contributed by atoms with van der Waals surface area (Å²) in [6, 6.07) is 18.5. The zero-order valence-electron chi connectivity index (χ0n) is 13.0. The Balaban J connectivity index is 1.91. The molecule has 0 saturated carbocycles. The third-order valence-corrected chi connectivity index (χ3v) is 4.59. The van der Waals surface area contributed by atoms with E-state index in [9.17, 15) is 4.79 Å². The van der Waals surface area contributed by atoms with Crippen molar-refractivity contribution in [3.05, 3.63) is 72.4 Å². The van der Waals surface area contributed by atoms with Gasteiger partial charge in [-0.25, -0.2) is 4.79 Å². The molecule has 23 heavy (non-hydrogen) atoms. The number of fused-ring (bicyclic) bond motifs is 1. The van der Waals surface area contributed by atoms with Crippen LogP contribution in [0.1, 0.15) is 12.5 Å². The molecule has 1 heterocycles. The summed E-state index contributed by atoms with van der Waals surface area (Å²) in [6.07, 6.45) is 3.57. The number of carbonyl (C=O) groups is 1. The van der Waals surface area contributed by atoms with Crippen LogP contribution in [-0.2, 0) is 9.53 Å². The highest BCUT2D eigenvalue weighted by Gasteiger charge is 2.06. The summed E-state index contributed by atoms with van der Waals surface area (Å²) in [4.78, 5) is 12.6. The van der Waals surface area contributed by atoms with Gasteiger partial charge in [-0.15, -0.1) is 0 Å². The van der Waals surface area contributed by atoms with E-state index in [1.807, 2.05) is 31.2 Å². The summed E-state index contributed by atoms with van der Waals surface area (Å²) >= 11 is 1.68. The van der Waals surface area contributed by atoms with Gasteiger partial charge in [-0.05, 0) is 60.3 Å². The number of methoxy groups -OCH3 is 1. The minimum absolute atomic E-state index is 0.334. The molecule has 3 aromatic rings. The predicted octanol–water partition coefficient (Wildman–Crippen LogP) is 4.77. The molecule has 0 radical (unpaired) electrons. The minimum Gasteiger partial charge on any atom is -0.466 e. The fourth-order valence-corrected chi connectivity index (χ4v) is 3.25. The Hall–Kier alpha value is -2.46. The summed E-state index contributed by atoms with van der Waals surface area (Å²) in [5, 5.41) is 1.14. The maximum Gasteiger partial charge on any atom is 0.330 e. The van der Waals surface area contributed by atoms with E-state index in [4.69, 9.17) is 0 Å². The first-order valence-corrected chi connectivity index (χ1v) is 8.06. The Morgan fingerprint density at radius 1 is 1.13 bits per heavy atom. The van der Waals surface area contributed by atoms with Gasteiger partial charge < -0.3 is 4.74 Å². The zero-order chi connectivity index (χ0) is 16.2. The number of nitrogens with zero attached hydrogens (tertiary/aromatic N) is 1. The van der Waals surface area contributed by atoms with E-state index >= 15 is 0 Å². The number of benzene rings is 2. The second kappa shape index (κ2) is 6.75. The number of esters is 1. The van der Waals surface area contributed by atoms with Crippen molar-refractivity contribution in [3.8, 4) is 0 Å². The Bertz CT molecular complexity index is 865. The lowest BCUT2D eigenvalue weighted by Gasteiger charge is -2.06. The molecule has 0 amide bonds. The van der Waals surface area contributed by atoms with E-state index in [0.29, 0.717) is 0 Å². The van der Waals surface area contributed by atoms with Crippen molar-refractivity contribution >= 4 is 34.4 Å². The van der Waals surface area contributed by atoms with Crippen molar-refractivity contribution in [1.82, 2.24) is 3.97 Å². The van der Waals surface area contributed by atoms with Gasteiger partial charge in [0, 0.05) is 22.6 Å². The highest BCUT2D eigenvalue weighted by Crippen LogP contribution is 2.28. The molecule has 0 aliphatic heterocycles. The Labute approximate surface area is 139 Å². The van der Waals surface area contributed by atoms with Crippen LogP contribution in [0.15, 0.2) is 71.8 Å². The van der Waals surface area contributed by atoms with Gasteiger partial charge in [0.25, 0.3) is 0 Å². The topological polar surface area (TPSA) is 31.2 Å². The van der Waals surface area contributed by atoms with E-state index < -0.39 is 0 Å². The molecule has 0 N–H and O–H groups in total. The first-order valence-electron chi connectivity index (χ1n) is 7.28. The Morgan fingerprint density at radius 2 is 1.91 bits per heavy atom. The van der Waals surface area contributed by atoms with E-state index in [0.717, 1.165) is 22.0 Å². The van der Waals surface area contributed by atoms with E-state index in [-0.39, 0.29) is 5.97 Å². The van der Waals surface area contributed by atoms with Crippen LogP contribution in [-0.4, -0.2) is 17.1 Å². The fraction of sp³-hybridized carbons (Fsp3) is 0.105. The minimum atomic E-state index is -0.334. The van der Waals surface area contributed by atoms with Crippen molar-refractivity contribution in [2.24, 2.45) is 0 Å². The molecule has 1 aromatic heterocycles. The van der Waals surface area contributed by atoms with Crippen LogP contribution in [0.2, 0.25) is 0 Å². The molecule has 2 aromatic carbocycles. The van der Waals surface area contributed by atoms with Gasteiger partial charge in [0.05, 0.1) is 12.6 Å². The first kappa shape index (κ1) is 15.4. The van der Waals surface area contributed by atoms with Crippen molar-refractivity contribution in [1.29, 1.82) is 0 Å². The van der Waals surface area contributed by atoms with E-state index in [1.54, 1.807) is 11.9 Å².